The van der Waals surface area contributed by atoms with E-state index in [4.69, 9.17) is 21.1 Å². The molecule has 1 amide bonds. The Morgan fingerprint density at radius 2 is 1.67 bits per heavy atom. The van der Waals surface area contributed by atoms with Gasteiger partial charge in [-0.3, -0.25) is 9.59 Å². The normalized spacial score (nSPS) is 18.6. The van der Waals surface area contributed by atoms with Crippen LogP contribution in [0.3, 0.4) is 0 Å². The fourth-order valence-electron chi connectivity index (χ4n) is 7.32. The first-order chi connectivity index (χ1) is 25.1. The van der Waals surface area contributed by atoms with Crippen LogP contribution in [-0.2, 0) is 14.3 Å². The highest BCUT2D eigenvalue weighted by Gasteiger charge is 2.43. The molecule has 276 valence electrons. The van der Waals surface area contributed by atoms with Crippen LogP contribution in [0, 0.1) is 5.92 Å². The average Bonchev–Trinajstić information content (AvgIpc) is 3.07. The van der Waals surface area contributed by atoms with Gasteiger partial charge in [-0.05, 0) is 88.3 Å². The topological polar surface area (TPSA) is 128 Å². The molecule has 0 spiro atoms. The quantitative estimate of drug-likeness (QED) is 0.0885. The molecule has 0 bridgehead atoms. The first kappa shape index (κ1) is 37.7. The number of rotatable bonds is 17. The van der Waals surface area contributed by atoms with Crippen molar-refractivity contribution in [3.8, 4) is 0 Å². The maximum atomic E-state index is 13.4. The number of amides is 1. The third-order valence-electron chi connectivity index (χ3n) is 10.6. The number of nitrogens with zero attached hydrogens (tertiary/aromatic N) is 2. The molecule has 0 radical (unpaired) electrons. The van der Waals surface area contributed by atoms with Crippen molar-refractivity contribution in [3.05, 3.63) is 87.6 Å². The van der Waals surface area contributed by atoms with Gasteiger partial charge in [0.05, 0.1) is 25.4 Å². The lowest BCUT2D eigenvalue weighted by atomic mass is 9.86. The van der Waals surface area contributed by atoms with E-state index in [0.29, 0.717) is 63.1 Å². The molecule has 52 heavy (non-hydrogen) atoms. The van der Waals surface area contributed by atoms with E-state index in [9.17, 15) is 24.6 Å². The number of carboxylic acids is 2. The standard InChI is InChI=1S/C40H48ClN3O7Si/c1-52(2)35-23-29(43-16-7-17-43)9-12-32(35)37(33-13-10-30(24-36(33)52)44-25-28(26-44)39(46)47)34-22-27(8-11-31(34)40(48)49)38(45)42-15-19-51-21-20-50-18-6-4-3-5-14-41/h8-13,22-24,28H,3-7,14-21,25-26H2,1-2H3,(H2-,42,45,46,47,48,49)/p+1. The molecule has 2 fully saturated rings. The second-order valence-electron chi connectivity index (χ2n) is 14.4. The monoisotopic (exact) mass is 746 g/mol. The number of alkyl halides is 1. The van der Waals surface area contributed by atoms with Crippen LogP contribution >= 0.6 is 11.6 Å². The number of unbranched alkanes of at least 4 members (excludes halogenated alkanes) is 3. The smallest absolute Gasteiger partial charge is 0.336 e. The number of benzene rings is 2. The highest BCUT2D eigenvalue weighted by atomic mass is 35.5. The predicted octanol–water partition coefficient (Wildman–Crippen LogP) is 5.09. The molecule has 6 rings (SSSR count). The van der Waals surface area contributed by atoms with E-state index in [-0.39, 0.29) is 17.4 Å². The van der Waals surface area contributed by atoms with Crippen LogP contribution in [-0.4, -0.2) is 111 Å². The fourth-order valence-corrected chi connectivity index (χ4v) is 10.6. The van der Waals surface area contributed by atoms with Gasteiger partial charge in [0.15, 0.2) is 24.7 Å². The number of carbonyl (C=O) groups excluding carboxylic acids is 1. The second kappa shape index (κ2) is 16.8. The number of aromatic carboxylic acids is 1. The van der Waals surface area contributed by atoms with Crippen molar-refractivity contribution in [3.63, 3.8) is 0 Å². The molecule has 0 aromatic heterocycles. The minimum Gasteiger partial charge on any atom is -0.481 e. The molecule has 3 heterocycles. The average molecular weight is 747 g/mol. The fraction of sp³-hybridized carbons (Fsp3) is 0.450. The minimum atomic E-state index is -2.35. The zero-order valence-electron chi connectivity index (χ0n) is 30.1. The first-order valence-electron chi connectivity index (χ1n) is 18.4. The van der Waals surface area contributed by atoms with Crippen LogP contribution < -0.4 is 15.4 Å². The second-order valence-corrected chi connectivity index (χ2v) is 19.1. The molecule has 10 nitrogen and oxygen atoms in total. The van der Waals surface area contributed by atoms with Crippen molar-refractivity contribution < 1.29 is 38.6 Å². The molecular formula is C40H49ClN3O7Si+. The third kappa shape index (κ3) is 8.12. The van der Waals surface area contributed by atoms with E-state index in [1.165, 1.54) is 11.3 Å². The number of hydrogen-bond donors (Lipinski definition) is 3. The number of carboxylic acid groups (broad SMARTS) is 2. The summed E-state index contributed by atoms with van der Waals surface area (Å²) in [6.07, 6.45) is 11.6. The van der Waals surface area contributed by atoms with Crippen molar-refractivity contribution in [2.45, 2.75) is 45.2 Å². The van der Waals surface area contributed by atoms with Gasteiger partial charge in [0.1, 0.15) is 8.07 Å². The summed E-state index contributed by atoms with van der Waals surface area (Å²) in [5.41, 5.74) is 5.84. The van der Waals surface area contributed by atoms with Crippen LogP contribution in [0.25, 0.3) is 5.57 Å². The Morgan fingerprint density at radius 1 is 0.923 bits per heavy atom. The Bertz CT molecular complexity index is 1840. The number of nitrogens with one attached hydrogen (secondary N) is 1. The van der Waals surface area contributed by atoms with Crippen molar-refractivity contribution in [2.24, 2.45) is 5.92 Å². The van der Waals surface area contributed by atoms with Gasteiger partial charge in [0.2, 0.25) is 0 Å². The Morgan fingerprint density at radius 3 is 2.37 bits per heavy atom. The highest BCUT2D eigenvalue weighted by molar-refractivity contribution is 6.98. The maximum absolute atomic E-state index is 13.4. The minimum absolute atomic E-state index is 0.121. The summed E-state index contributed by atoms with van der Waals surface area (Å²) in [4.78, 5) is 40.1. The first-order valence-corrected chi connectivity index (χ1v) is 21.9. The predicted molar refractivity (Wildman–Crippen MR) is 206 cm³/mol. The van der Waals surface area contributed by atoms with Crippen LogP contribution in [0.5, 0.6) is 0 Å². The van der Waals surface area contributed by atoms with Crippen molar-refractivity contribution in [1.82, 2.24) is 5.32 Å². The number of halogens is 1. The molecule has 2 saturated heterocycles. The Hall–Kier alpha value is -4.03. The molecule has 2 aromatic carbocycles. The van der Waals surface area contributed by atoms with E-state index < -0.39 is 20.0 Å². The molecule has 0 atom stereocenters. The van der Waals surface area contributed by atoms with E-state index in [1.807, 2.05) is 6.08 Å². The van der Waals surface area contributed by atoms with Gasteiger partial charge in [-0.2, -0.15) is 0 Å². The zero-order valence-corrected chi connectivity index (χ0v) is 31.8. The molecule has 2 aromatic rings. The highest BCUT2D eigenvalue weighted by Crippen LogP contribution is 2.43. The summed E-state index contributed by atoms with van der Waals surface area (Å²) in [6.45, 7) is 9.82. The Balaban J connectivity index is 1.25. The number of aliphatic carboxylic acids is 1. The maximum Gasteiger partial charge on any atom is 0.336 e. The molecule has 4 aliphatic rings. The zero-order chi connectivity index (χ0) is 36.8. The number of fused-ring (bicyclic) bond motifs is 2. The van der Waals surface area contributed by atoms with E-state index in [2.05, 4.69) is 58.2 Å². The molecule has 12 heteroatoms. The summed E-state index contributed by atoms with van der Waals surface area (Å²) >= 11 is 5.71. The molecule has 0 saturated carbocycles. The third-order valence-corrected chi connectivity index (χ3v) is 14.4. The van der Waals surface area contributed by atoms with E-state index in [0.717, 1.165) is 78.5 Å². The van der Waals surface area contributed by atoms with Gasteiger partial charge >= 0.3 is 11.9 Å². The van der Waals surface area contributed by atoms with Crippen LogP contribution in [0.2, 0.25) is 13.1 Å². The molecule has 3 N–H and O–H groups in total. The lowest BCUT2D eigenvalue weighted by Gasteiger charge is -2.40. The lowest BCUT2D eigenvalue weighted by molar-refractivity contribution is -0.597. The summed E-state index contributed by atoms with van der Waals surface area (Å²) in [5, 5.41) is 25.2. The van der Waals surface area contributed by atoms with Crippen LogP contribution in [0.1, 0.15) is 63.9 Å². The van der Waals surface area contributed by atoms with Gasteiger partial charge < -0.3 is 29.9 Å². The van der Waals surface area contributed by atoms with Crippen LogP contribution in [0.15, 0.2) is 65.4 Å². The van der Waals surface area contributed by atoms with E-state index in [1.54, 1.807) is 12.1 Å². The SMILES string of the molecule is C[Si]1(C)C2=CC(=[N+]3CC(C(=O)O)C3)C=CC2=C(c2cc(C(=O)NCCOCCOCCCCCCCl)ccc2C(=O)O)c2ccc(N3CCC3)cc21. The molecule has 3 aliphatic heterocycles. The van der Waals surface area contributed by atoms with Crippen molar-refractivity contribution >= 4 is 59.7 Å². The van der Waals surface area contributed by atoms with Gasteiger partial charge in [-0.25, -0.2) is 9.37 Å². The van der Waals surface area contributed by atoms with Gasteiger partial charge in [-0.15, -0.1) is 11.6 Å². The summed E-state index contributed by atoms with van der Waals surface area (Å²) in [5.74, 6) is -1.85. The summed E-state index contributed by atoms with van der Waals surface area (Å²) < 4.78 is 13.4. The van der Waals surface area contributed by atoms with Gasteiger partial charge in [0, 0.05) is 55.5 Å². The lowest BCUT2D eigenvalue weighted by Crippen LogP contribution is -2.51. The summed E-state index contributed by atoms with van der Waals surface area (Å²) in [7, 11) is -2.35. The van der Waals surface area contributed by atoms with Gasteiger partial charge in [-0.1, -0.05) is 32.0 Å². The Labute approximate surface area is 311 Å². The molecular weight excluding hydrogens is 698 g/mol. The largest absolute Gasteiger partial charge is 0.481 e. The number of ether oxygens (including phenoxy) is 2. The molecule has 1 aliphatic carbocycles. The van der Waals surface area contributed by atoms with Crippen molar-refractivity contribution in [1.29, 1.82) is 0 Å². The number of carbonyl (C=O) groups is 3. The van der Waals surface area contributed by atoms with E-state index >= 15 is 0 Å². The van der Waals surface area contributed by atoms with Crippen LogP contribution in [0.4, 0.5) is 5.69 Å². The summed E-state index contributed by atoms with van der Waals surface area (Å²) in [6, 6.07) is 11.3. The number of allylic oxidation sites excluding steroid dienone is 5. The van der Waals surface area contributed by atoms with Crippen molar-refractivity contribution in [2.75, 3.05) is 69.9 Å². The van der Waals surface area contributed by atoms with Gasteiger partial charge in [0.25, 0.3) is 5.91 Å². The Kier molecular flexibility index (Phi) is 12.2. The number of hydrogen-bond acceptors (Lipinski definition) is 6. The molecule has 0 unspecified atom stereocenters. The number of anilines is 1.